The number of anilines is 2. The number of carbonyl (C=O) groups is 1. The Bertz CT molecular complexity index is 486. The first-order valence-corrected chi connectivity index (χ1v) is 6.34. The monoisotopic (exact) mass is 305 g/mol. The Morgan fingerprint density at radius 3 is 2.71 bits per heavy atom. The Kier molecular flexibility index (Phi) is 6.44. The molecule has 0 heterocycles. The average molecular weight is 305 g/mol. The third-order valence-electron chi connectivity index (χ3n) is 2.94. The quantitative estimate of drug-likeness (QED) is 0.663. The molecule has 1 unspecified atom stereocenters. The van der Waals surface area contributed by atoms with Crippen molar-refractivity contribution in [3.05, 3.63) is 24.0 Å². The average Bonchev–Trinajstić information content (AvgIpc) is 2.41. The molecule has 0 saturated heterocycles. The van der Waals surface area contributed by atoms with Gasteiger partial charge in [0.05, 0.1) is 24.9 Å². The van der Waals surface area contributed by atoms with E-state index in [1.165, 1.54) is 19.1 Å². The highest BCUT2D eigenvalue weighted by Crippen LogP contribution is 2.18. The van der Waals surface area contributed by atoms with Crippen LogP contribution in [0.25, 0.3) is 0 Å². The van der Waals surface area contributed by atoms with Gasteiger partial charge < -0.3 is 16.2 Å². The predicted molar refractivity (Wildman–Crippen MR) is 73.6 cm³/mol. The van der Waals surface area contributed by atoms with E-state index in [1.54, 1.807) is 0 Å². The van der Waals surface area contributed by atoms with Crippen molar-refractivity contribution in [2.24, 2.45) is 0 Å². The smallest absolute Gasteiger partial charge is 0.251 e. The van der Waals surface area contributed by atoms with E-state index in [9.17, 15) is 18.0 Å². The van der Waals surface area contributed by atoms with Crippen molar-refractivity contribution in [1.29, 1.82) is 0 Å². The summed E-state index contributed by atoms with van der Waals surface area (Å²) in [5.74, 6) is -1.33. The first kappa shape index (κ1) is 17.3. The van der Waals surface area contributed by atoms with Crippen molar-refractivity contribution < 1.29 is 23.1 Å². The number of aliphatic hydroxyl groups is 1. The van der Waals surface area contributed by atoms with Crippen LogP contribution in [0.15, 0.2) is 18.2 Å². The van der Waals surface area contributed by atoms with Gasteiger partial charge in [-0.3, -0.25) is 9.69 Å². The minimum absolute atomic E-state index is 0.0850. The zero-order valence-electron chi connectivity index (χ0n) is 11.5. The molecular weight excluding hydrogens is 287 g/mol. The van der Waals surface area contributed by atoms with Crippen LogP contribution in [0.2, 0.25) is 0 Å². The number of aliphatic hydroxyl groups excluding tert-OH is 1. The Hall–Kier alpha value is -1.80. The van der Waals surface area contributed by atoms with Gasteiger partial charge in [-0.1, -0.05) is 0 Å². The highest BCUT2D eigenvalue weighted by atomic mass is 19.3. The van der Waals surface area contributed by atoms with Gasteiger partial charge in [0, 0.05) is 12.2 Å². The maximum absolute atomic E-state index is 13.5. The fourth-order valence-corrected chi connectivity index (χ4v) is 1.79. The maximum atomic E-state index is 13.5. The molecule has 0 aliphatic rings. The summed E-state index contributed by atoms with van der Waals surface area (Å²) in [6.07, 6.45) is -2.64. The lowest BCUT2D eigenvalue weighted by Gasteiger charge is -2.27. The molecule has 1 atom stereocenters. The van der Waals surface area contributed by atoms with Crippen molar-refractivity contribution in [2.45, 2.75) is 19.4 Å². The molecule has 1 aromatic rings. The van der Waals surface area contributed by atoms with E-state index < -0.39 is 30.7 Å². The minimum Gasteiger partial charge on any atom is -0.399 e. The largest absolute Gasteiger partial charge is 0.399 e. The number of nitrogens with two attached hydrogens (primary N) is 1. The number of hydrogen-bond acceptors (Lipinski definition) is 4. The van der Waals surface area contributed by atoms with Gasteiger partial charge in [-0.2, -0.15) is 0 Å². The van der Waals surface area contributed by atoms with Crippen LogP contribution in [0.4, 0.5) is 24.5 Å². The maximum Gasteiger partial charge on any atom is 0.251 e. The van der Waals surface area contributed by atoms with Gasteiger partial charge in [-0.25, -0.2) is 13.2 Å². The molecule has 0 aliphatic carbocycles. The van der Waals surface area contributed by atoms with Crippen LogP contribution in [0.1, 0.15) is 6.92 Å². The van der Waals surface area contributed by atoms with Crippen molar-refractivity contribution in [2.75, 3.05) is 30.7 Å². The summed E-state index contributed by atoms with van der Waals surface area (Å²) in [5, 5.41) is 11.2. The van der Waals surface area contributed by atoms with Gasteiger partial charge in [-0.05, 0) is 25.1 Å². The first-order chi connectivity index (χ1) is 9.85. The molecule has 0 bridgehead atoms. The molecule has 0 aliphatic heterocycles. The Balaban J connectivity index is 2.78. The summed E-state index contributed by atoms with van der Waals surface area (Å²) in [7, 11) is 0. The number of carbonyl (C=O) groups excluding carboxylic acids is 1. The van der Waals surface area contributed by atoms with E-state index in [2.05, 4.69) is 5.32 Å². The second-order valence-electron chi connectivity index (χ2n) is 4.51. The second-order valence-corrected chi connectivity index (χ2v) is 4.51. The van der Waals surface area contributed by atoms with Gasteiger partial charge in [0.15, 0.2) is 0 Å². The molecule has 1 rings (SSSR count). The lowest BCUT2D eigenvalue weighted by Crippen LogP contribution is -2.45. The Morgan fingerprint density at radius 2 is 2.14 bits per heavy atom. The van der Waals surface area contributed by atoms with Gasteiger partial charge in [-0.15, -0.1) is 0 Å². The minimum atomic E-state index is -2.64. The molecule has 0 radical (unpaired) electrons. The Labute approximate surface area is 120 Å². The van der Waals surface area contributed by atoms with E-state index in [-0.39, 0.29) is 24.5 Å². The molecule has 5 nitrogen and oxygen atoms in total. The van der Waals surface area contributed by atoms with Gasteiger partial charge >= 0.3 is 0 Å². The van der Waals surface area contributed by atoms with Crippen molar-refractivity contribution in [3.63, 3.8) is 0 Å². The Morgan fingerprint density at radius 1 is 1.48 bits per heavy atom. The number of nitrogens with zero attached hydrogens (tertiary/aromatic N) is 1. The topological polar surface area (TPSA) is 78.6 Å². The summed E-state index contributed by atoms with van der Waals surface area (Å²) in [4.78, 5) is 13.1. The number of hydrogen-bond donors (Lipinski definition) is 3. The highest BCUT2D eigenvalue weighted by Gasteiger charge is 2.24. The highest BCUT2D eigenvalue weighted by molar-refractivity contribution is 5.95. The number of benzene rings is 1. The lowest BCUT2D eigenvalue weighted by molar-refractivity contribution is -0.121. The van der Waals surface area contributed by atoms with E-state index in [0.717, 1.165) is 11.0 Å². The van der Waals surface area contributed by atoms with Crippen molar-refractivity contribution in [3.8, 4) is 0 Å². The van der Waals surface area contributed by atoms with Gasteiger partial charge in [0.1, 0.15) is 5.82 Å². The van der Waals surface area contributed by atoms with Crippen LogP contribution in [0.3, 0.4) is 0 Å². The second kappa shape index (κ2) is 7.84. The van der Waals surface area contributed by atoms with Crippen LogP contribution in [-0.2, 0) is 4.79 Å². The zero-order valence-corrected chi connectivity index (χ0v) is 11.5. The zero-order chi connectivity index (χ0) is 16.0. The van der Waals surface area contributed by atoms with Crippen LogP contribution in [0.5, 0.6) is 0 Å². The molecule has 8 heteroatoms. The fourth-order valence-electron chi connectivity index (χ4n) is 1.79. The number of amides is 1. The lowest BCUT2D eigenvalue weighted by atomic mass is 10.2. The summed E-state index contributed by atoms with van der Waals surface area (Å²) < 4.78 is 38.4. The molecule has 0 aromatic heterocycles. The molecule has 1 amide bonds. The summed E-state index contributed by atoms with van der Waals surface area (Å²) >= 11 is 0. The normalized spacial score (nSPS) is 12.7. The summed E-state index contributed by atoms with van der Waals surface area (Å²) in [6, 6.07) is 2.72. The molecule has 4 N–H and O–H groups in total. The first-order valence-electron chi connectivity index (χ1n) is 6.34. The summed E-state index contributed by atoms with van der Waals surface area (Å²) in [6.45, 7) is 0.293. The number of halogens is 3. The van der Waals surface area contributed by atoms with E-state index in [1.807, 2.05) is 0 Å². The SMILES string of the molecule is CC(C(=O)Nc1cc(N)ccc1F)N(CCO)CC(F)F. The standard InChI is InChI=1S/C13H18F3N3O2/c1-8(19(4-5-20)7-12(15)16)13(21)18-11-6-9(17)2-3-10(11)14/h2-3,6,8,12,20H,4-5,7,17H2,1H3,(H,18,21). The number of nitrogen functional groups attached to an aromatic ring is 1. The van der Waals surface area contributed by atoms with Gasteiger partial charge in [0.25, 0.3) is 6.43 Å². The number of nitrogens with one attached hydrogen (secondary N) is 1. The molecule has 0 spiro atoms. The van der Waals surface area contributed by atoms with Crippen LogP contribution in [-0.4, -0.2) is 48.1 Å². The van der Waals surface area contributed by atoms with Crippen LogP contribution >= 0.6 is 0 Å². The van der Waals surface area contributed by atoms with Crippen molar-refractivity contribution >= 4 is 17.3 Å². The molecule has 118 valence electrons. The fraction of sp³-hybridized carbons (Fsp3) is 0.462. The predicted octanol–water partition coefficient (Wildman–Crippen LogP) is 1.29. The van der Waals surface area contributed by atoms with E-state index in [4.69, 9.17) is 10.8 Å². The summed E-state index contributed by atoms with van der Waals surface area (Å²) in [5.41, 5.74) is 5.64. The third kappa shape index (κ3) is 5.24. The van der Waals surface area contributed by atoms with E-state index in [0.29, 0.717) is 0 Å². The van der Waals surface area contributed by atoms with Crippen LogP contribution < -0.4 is 11.1 Å². The molecular formula is C13H18F3N3O2. The van der Waals surface area contributed by atoms with Gasteiger partial charge in [0.2, 0.25) is 5.91 Å². The molecule has 21 heavy (non-hydrogen) atoms. The number of alkyl halides is 2. The van der Waals surface area contributed by atoms with E-state index >= 15 is 0 Å². The van der Waals surface area contributed by atoms with Crippen LogP contribution in [0, 0.1) is 5.82 Å². The van der Waals surface area contributed by atoms with Crippen molar-refractivity contribution in [1.82, 2.24) is 4.90 Å². The molecule has 0 saturated carbocycles. The molecule has 1 aromatic carbocycles. The molecule has 0 fully saturated rings. The number of rotatable bonds is 7. The third-order valence-corrected chi connectivity index (χ3v) is 2.94.